The second-order valence-corrected chi connectivity index (χ2v) is 7.53. The van der Waals surface area contributed by atoms with Gasteiger partial charge in [-0.15, -0.1) is 0 Å². The molecule has 3 nitrogen and oxygen atoms in total. The zero-order valence-corrected chi connectivity index (χ0v) is 17.9. The zero-order valence-electron chi connectivity index (χ0n) is 17.9. The van der Waals surface area contributed by atoms with Crippen LogP contribution >= 0.6 is 0 Å². The second-order valence-electron chi connectivity index (χ2n) is 7.53. The van der Waals surface area contributed by atoms with Crippen LogP contribution in [-0.2, 0) is 6.42 Å². The normalized spacial score (nSPS) is 11.2. The molecule has 0 unspecified atom stereocenters. The topological polar surface area (TPSA) is 34.0 Å². The first-order valence-electron chi connectivity index (χ1n) is 11.0. The molecule has 0 N–H and O–H groups in total. The number of hydrogen-bond donors (Lipinski definition) is 0. The predicted molar refractivity (Wildman–Crippen MR) is 119 cm³/mol. The lowest BCUT2D eigenvalue weighted by Gasteiger charge is -2.08. The summed E-state index contributed by atoms with van der Waals surface area (Å²) in [6.07, 6.45) is 11.2. The quantitative estimate of drug-likeness (QED) is 0.253. The van der Waals surface area contributed by atoms with Crippen molar-refractivity contribution in [2.45, 2.75) is 78.6 Å². The van der Waals surface area contributed by atoms with E-state index in [0.717, 1.165) is 42.1 Å². The Hall–Kier alpha value is -2.16. The fraction of sp³-hybridized carbons (Fsp3) is 0.520. The third kappa shape index (κ3) is 8.24. The summed E-state index contributed by atoms with van der Waals surface area (Å²) in [5.41, 5.74) is 4.25. The summed E-state index contributed by atoms with van der Waals surface area (Å²) in [5, 5.41) is 8.82. The van der Waals surface area contributed by atoms with E-state index in [9.17, 15) is 0 Å². The lowest BCUT2D eigenvalue weighted by atomic mass is 10.1. The third-order valence-corrected chi connectivity index (χ3v) is 4.96. The van der Waals surface area contributed by atoms with Crippen LogP contribution < -0.4 is 4.74 Å². The van der Waals surface area contributed by atoms with E-state index in [0.29, 0.717) is 0 Å². The molecule has 0 saturated carbocycles. The van der Waals surface area contributed by atoms with E-state index < -0.39 is 0 Å². The Bertz CT molecular complexity index is 707. The first kappa shape index (κ1) is 22.1. The molecule has 3 heteroatoms. The predicted octanol–water partition coefficient (Wildman–Crippen LogP) is 8.49. The molecule has 0 heterocycles. The summed E-state index contributed by atoms with van der Waals surface area (Å²) >= 11 is 0. The van der Waals surface area contributed by atoms with E-state index >= 15 is 0 Å². The number of ether oxygens (including phenoxy) is 1. The molecule has 0 aliphatic rings. The van der Waals surface area contributed by atoms with Crippen LogP contribution in [0.4, 0.5) is 11.4 Å². The van der Waals surface area contributed by atoms with Gasteiger partial charge in [0.1, 0.15) is 5.75 Å². The van der Waals surface area contributed by atoms with Gasteiger partial charge in [0.15, 0.2) is 0 Å². The molecule has 0 amide bonds. The molecule has 2 aromatic carbocycles. The highest BCUT2D eigenvalue weighted by atomic mass is 16.5. The number of benzene rings is 2. The van der Waals surface area contributed by atoms with Crippen molar-refractivity contribution < 1.29 is 4.74 Å². The van der Waals surface area contributed by atoms with Crippen LogP contribution in [0.25, 0.3) is 0 Å². The van der Waals surface area contributed by atoms with Gasteiger partial charge in [-0.3, -0.25) is 0 Å². The fourth-order valence-corrected chi connectivity index (χ4v) is 3.15. The molecule has 0 radical (unpaired) electrons. The van der Waals surface area contributed by atoms with Gasteiger partial charge >= 0.3 is 0 Å². The fourth-order valence-electron chi connectivity index (χ4n) is 3.15. The summed E-state index contributed by atoms with van der Waals surface area (Å²) < 4.78 is 5.84. The maximum absolute atomic E-state index is 5.84. The van der Waals surface area contributed by atoms with Crippen LogP contribution in [0.2, 0.25) is 0 Å². The van der Waals surface area contributed by atoms with Crippen molar-refractivity contribution in [3.63, 3.8) is 0 Å². The average molecular weight is 381 g/mol. The maximum Gasteiger partial charge on any atom is 0.119 e. The molecule has 0 aliphatic carbocycles. The minimum Gasteiger partial charge on any atom is -0.494 e. The monoisotopic (exact) mass is 380 g/mol. The lowest BCUT2D eigenvalue weighted by Crippen LogP contribution is -1.97. The molecule has 2 aromatic rings. The second kappa shape index (κ2) is 13.1. The first-order chi connectivity index (χ1) is 13.7. The minimum absolute atomic E-state index is 0.783. The minimum atomic E-state index is 0.783. The Morgan fingerprint density at radius 2 is 1.46 bits per heavy atom. The molecule has 0 aromatic heterocycles. The van der Waals surface area contributed by atoms with Gasteiger partial charge in [-0.1, -0.05) is 64.5 Å². The molecule has 0 fully saturated rings. The number of unbranched alkanes of at least 4 members (excludes halogenated alkanes) is 6. The van der Waals surface area contributed by atoms with Gasteiger partial charge in [-0.25, -0.2) is 0 Å². The van der Waals surface area contributed by atoms with E-state index in [2.05, 4.69) is 55.3 Å². The number of azo groups is 1. The molecule has 2 rings (SSSR count). The summed E-state index contributed by atoms with van der Waals surface area (Å²) in [5.74, 6) is 0.917. The lowest BCUT2D eigenvalue weighted by molar-refractivity contribution is 0.305. The average Bonchev–Trinajstić information content (AvgIpc) is 2.71. The van der Waals surface area contributed by atoms with E-state index in [1.165, 1.54) is 50.5 Å². The molecule has 0 atom stereocenters. The summed E-state index contributed by atoms with van der Waals surface area (Å²) in [6.45, 7) is 7.31. The van der Waals surface area contributed by atoms with Crippen molar-refractivity contribution in [1.82, 2.24) is 0 Å². The largest absolute Gasteiger partial charge is 0.494 e. The Morgan fingerprint density at radius 3 is 2.14 bits per heavy atom. The van der Waals surface area contributed by atoms with Crippen LogP contribution in [0.3, 0.4) is 0 Å². The van der Waals surface area contributed by atoms with Gasteiger partial charge in [0.05, 0.1) is 18.0 Å². The highest BCUT2D eigenvalue weighted by Crippen LogP contribution is 2.26. The summed E-state index contributed by atoms with van der Waals surface area (Å²) in [4.78, 5) is 0. The maximum atomic E-state index is 5.84. The van der Waals surface area contributed by atoms with Crippen molar-refractivity contribution in [3.05, 3.63) is 53.6 Å². The van der Waals surface area contributed by atoms with E-state index in [4.69, 9.17) is 4.74 Å². The van der Waals surface area contributed by atoms with Crippen molar-refractivity contribution in [2.75, 3.05) is 6.61 Å². The first-order valence-corrected chi connectivity index (χ1v) is 11.0. The smallest absolute Gasteiger partial charge is 0.119 e. The van der Waals surface area contributed by atoms with Gasteiger partial charge in [0.2, 0.25) is 0 Å². The SMILES string of the molecule is CCCCCCOc1ccc(N=Nc2ccc(CCCCCC)cc2)c(C)c1. The Kier molecular flexibility index (Phi) is 10.3. The summed E-state index contributed by atoms with van der Waals surface area (Å²) in [7, 11) is 0. The number of hydrogen-bond acceptors (Lipinski definition) is 3. The Balaban J connectivity index is 1.84. The molecule has 152 valence electrons. The number of nitrogens with zero attached hydrogens (tertiary/aromatic N) is 2. The van der Waals surface area contributed by atoms with Gasteiger partial charge < -0.3 is 4.74 Å². The van der Waals surface area contributed by atoms with Crippen LogP contribution in [0, 0.1) is 6.92 Å². The molecular formula is C25H36N2O. The van der Waals surface area contributed by atoms with E-state index in [1.807, 2.05) is 18.2 Å². The molecule has 28 heavy (non-hydrogen) atoms. The Morgan fingerprint density at radius 1 is 0.750 bits per heavy atom. The van der Waals surface area contributed by atoms with Crippen LogP contribution in [-0.4, -0.2) is 6.61 Å². The molecule has 0 bridgehead atoms. The van der Waals surface area contributed by atoms with Crippen molar-refractivity contribution in [2.24, 2.45) is 10.2 Å². The van der Waals surface area contributed by atoms with Gasteiger partial charge in [-0.2, -0.15) is 10.2 Å². The highest BCUT2D eigenvalue weighted by Gasteiger charge is 2.01. The standard InChI is InChI=1S/C25H36N2O/c1-4-6-8-10-12-22-13-15-23(16-14-22)26-27-25-18-17-24(20-21(25)3)28-19-11-9-7-5-2/h13-18,20H,4-12,19H2,1-3H3. The summed E-state index contributed by atoms with van der Waals surface area (Å²) in [6, 6.07) is 14.5. The highest BCUT2D eigenvalue weighted by molar-refractivity contribution is 5.49. The zero-order chi connectivity index (χ0) is 20.0. The number of rotatable bonds is 13. The molecule has 0 spiro atoms. The van der Waals surface area contributed by atoms with Gasteiger partial charge in [0, 0.05) is 0 Å². The van der Waals surface area contributed by atoms with Crippen molar-refractivity contribution in [3.8, 4) is 5.75 Å². The van der Waals surface area contributed by atoms with Crippen molar-refractivity contribution in [1.29, 1.82) is 0 Å². The Labute approximate surface area is 171 Å². The van der Waals surface area contributed by atoms with Crippen LogP contribution in [0.15, 0.2) is 52.7 Å². The molecular weight excluding hydrogens is 344 g/mol. The van der Waals surface area contributed by atoms with Gasteiger partial charge in [-0.05, 0) is 67.6 Å². The number of aryl methyl sites for hydroxylation is 2. The van der Waals surface area contributed by atoms with Crippen LogP contribution in [0.1, 0.15) is 76.3 Å². The van der Waals surface area contributed by atoms with E-state index in [-0.39, 0.29) is 0 Å². The van der Waals surface area contributed by atoms with Gasteiger partial charge in [0.25, 0.3) is 0 Å². The molecule has 0 aliphatic heterocycles. The van der Waals surface area contributed by atoms with Crippen molar-refractivity contribution >= 4 is 11.4 Å². The molecule has 0 saturated heterocycles. The van der Waals surface area contributed by atoms with E-state index in [1.54, 1.807) is 0 Å². The third-order valence-electron chi connectivity index (χ3n) is 4.96. The van der Waals surface area contributed by atoms with Crippen LogP contribution in [0.5, 0.6) is 5.75 Å².